The van der Waals surface area contributed by atoms with E-state index in [1.807, 2.05) is 24.4 Å². The van der Waals surface area contributed by atoms with Crippen LogP contribution in [0.15, 0.2) is 60.0 Å². The quantitative estimate of drug-likeness (QED) is 0.431. The Kier molecular flexibility index (Phi) is 5.40. The molecule has 1 amide bonds. The summed E-state index contributed by atoms with van der Waals surface area (Å²) in [5.74, 6) is -0.950. The molecule has 9 nitrogen and oxygen atoms in total. The van der Waals surface area contributed by atoms with Crippen LogP contribution in [0.5, 0.6) is 5.75 Å². The maximum Gasteiger partial charge on any atom is 0.290 e. The first-order chi connectivity index (χ1) is 15.3. The van der Waals surface area contributed by atoms with E-state index in [2.05, 4.69) is 4.98 Å². The van der Waals surface area contributed by atoms with Crippen molar-refractivity contribution in [1.82, 2.24) is 9.88 Å². The number of hydrogen-bond acceptors (Lipinski definition) is 6. The molecule has 0 saturated carbocycles. The van der Waals surface area contributed by atoms with E-state index in [4.69, 9.17) is 4.74 Å². The van der Waals surface area contributed by atoms with Gasteiger partial charge in [0.15, 0.2) is 11.5 Å². The van der Waals surface area contributed by atoms with Crippen molar-refractivity contribution < 1.29 is 24.4 Å². The first kappa shape index (κ1) is 21.1. The van der Waals surface area contributed by atoms with E-state index >= 15 is 0 Å². The number of nitrogens with one attached hydrogen (secondary N) is 1. The van der Waals surface area contributed by atoms with Crippen molar-refractivity contribution in [3.05, 3.63) is 81.2 Å². The fourth-order valence-electron chi connectivity index (χ4n) is 4.10. The minimum absolute atomic E-state index is 0.00977. The molecule has 0 radical (unpaired) electrons. The van der Waals surface area contributed by atoms with Crippen molar-refractivity contribution in [3.8, 4) is 5.75 Å². The van der Waals surface area contributed by atoms with Crippen molar-refractivity contribution in [2.75, 3.05) is 13.7 Å². The Morgan fingerprint density at radius 2 is 1.97 bits per heavy atom. The van der Waals surface area contributed by atoms with Gasteiger partial charge in [0.25, 0.3) is 11.6 Å². The maximum absolute atomic E-state index is 12.8. The number of aliphatic hydroxyl groups is 1. The van der Waals surface area contributed by atoms with Crippen LogP contribution in [0.25, 0.3) is 10.9 Å². The normalized spacial score (nSPS) is 16.1. The number of H-pyrrole nitrogens is 1. The van der Waals surface area contributed by atoms with Gasteiger partial charge < -0.3 is 19.7 Å². The molecule has 1 atom stereocenters. The Hall–Kier alpha value is -4.14. The molecular weight excluding hydrogens is 414 g/mol. The van der Waals surface area contributed by atoms with Crippen molar-refractivity contribution in [2.45, 2.75) is 19.4 Å². The third-order valence-electron chi connectivity index (χ3n) is 5.70. The summed E-state index contributed by atoms with van der Waals surface area (Å²) in [5.41, 5.74) is 2.27. The molecule has 164 valence electrons. The molecule has 3 aromatic rings. The lowest BCUT2D eigenvalue weighted by Gasteiger charge is -2.26. The van der Waals surface area contributed by atoms with Crippen LogP contribution in [-0.4, -0.2) is 45.3 Å². The van der Waals surface area contributed by atoms with Crippen LogP contribution in [0.1, 0.15) is 24.1 Å². The highest BCUT2D eigenvalue weighted by Crippen LogP contribution is 2.38. The number of aromatic nitrogens is 1. The highest BCUT2D eigenvalue weighted by Gasteiger charge is 2.42. The second-order valence-electron chi connectivity index (χ2n) is 7.54. The summed E-state index contributed by atoms with van der Waals surface area (Å²) in [4.78, 5) is 40.2. The minimum Gasteiger partial charge on any atom is -0.503 e. The summed E-state index contributed by atoms with van der Waals surface area (Å²) in [6.07, 6.45) is 2.31. The van der Waals surface area contributed by atoms with E-state index in [0.717, 1.165) is 16.5 Å². The van der Waals surface area contributed by atoms with Crippen LogP contribution in [0, 0.1) is 10.1 Å². The zero-order valence-corrected chi connectivity index (χ0v) is 17.5. The summed E-state index contributed by atoms with van der Waals surface area (Å²) in [6.45, 7) is 1.51. The van der Waals surface area contributed by atoms with Crippen LogP contribution in [0.2, 0.25) is 0 Å². The molecular formula is C23H21N3O6. The molecule has 1 aliphatic heterocycles. The number of Topliss-reactive ketones (excluding diaryl/α,β-unsaturated/α-hetero) is 1. The molecule has 2 heterocycles. The number of carbonyl (C=O) groups excluding carboxylic acids is 2. The van der Waals surface area contributed by atoms with E-state index < -0.39 is 28.4 Å². The predicted molar refractivity (Wildman–Crippen MR) is 116 cm³/mol. The summed E-state index contributed by atoms with van der Waals surface area (Å²) >= 11 is 0. The van der Waals surface area contributed by atoms with Gasteiger partial charge in [0, 0.05) is 35.8 Å². The van der Waals surface area contributed by atoms with E-state index in [0.29, 0.717) is 17.7 Å². The van der Waals surface area contributed by atoms with E-state index in [9.17, 15) is 24.8 Å². The predicted octanol–water partition coefficient (Wildman–Crippen LogP) is 3.61. The molecule has 0 aliphatic carbocycles. The van der Waals surface area contributed by atoms with Gasteiger partial charge in [-0.3, -0.25) is 19.7 Å². The topological polar surface area (TPSA) is 126 Å². The van der Waals surface area contributed by atoms with E-state index in [1.54, 1.807) is 7.11 Å². The number of hydrogen-bond donors (Lipinski definition) is 2. The smallest absolute Gasteiger partial charge is 0.290 e. The number of nitro benzene ring substituents is 1. The Balaban J connectivity index is 1.66. The van der Waals surface area contributed by atoms with Gasteiger partial charge in [0.05, 0.1) is 23.6 Å². The van der Waals surface area contributed by atoms with Crippen molar-refractivity contribution in [3.63, 3.8) is 0 Å². The van der Waals surface area contributed by atoms with Gasteiger partial charge in [0.1, 0.15) is 5.75 Å². The number of ketones is 1. The molecule has 0 spiro atoms. The standard InChI is InChI=1S/C23H21N3O6/c1-13(27)20-21(14-3-5-16(6-4-14)26(30)31)25(23(29)22(20)28)10-9-15-12-24-19-8-7-17(32-2)11-18(15)19/h3-8,11-12,21,24,28H,9-10H2,1-2H3/t21-/m0/s1. The molecule has 2 aromatic carbocycles. The molecule has 9 heteroatoms. The molecule has 0 saturated heterocycles. The summed E-state index contributed by atoms with van der Waals surface area (Å²) < 4.78 is 5.29. The number of nitrogens with zero attached hydrogens (tertiary/aromatic N) is 2. The fraction of sp³-hybridized carbons (Fsp3) is 0.217. The Morgan fingerprint density at radius 1 is 1.25 bits per heavy atom. The number of aromatic amines is 1. The zero-order valence-electron chi connectivity index (χ0n) is 17.5. The molecule has 0 unspecified atom stereocenters. The molecule has 1 aliphatic rings. The summed E-state index contributed by atoms with van der Waals surface area (Å²) in [7, 11) is 1.59. The van der Waals surface area contributed by atoms with Crippen molar-refractivity contribution >= 4 is 28.3 Å². The molecule has 4 rings (SSSR count). The number of nitro groups is 1. The minimum atomic E-state index is -0.819. The van der Waals surface area contributed by atoms with Gasteiger partial charge in [0.2, 0.25) is 0 Å². The number of carbonyl (C=O) groups is 2. The lowest BCUT2D eigenvalue weighted by molar-refractivity contribution is -0.384. The van der Waals surface area contributed by atoms with Crippen LogP contribution in [-0.2, 0) is 16.0 Å². The summed E-state index contributed by atoms with van der Waals surface area (Å²) in [6, 6.07) is 10.5. The average Bonchev–Trinajstić information content (AvgIpc) is 3.30. The Morgan fingerprint density at radius 3 is 2.59 bits per heavy atom. The molecule has 0 fully saturated rings. The van der Waals surface area contributed by atoms with Gasteiger partial charge >= 0.3 is 0 Å². The van der Waals surface area contributed by atoms with Crippen molar-refractivity contribution in [1.29, 1.82) is 0 Å². The average molecular weight is 435 g/mol. The summed E-state index contributed by atoms with van der Waals surface area (Å²) in [5, 5.41) is 22.3. The monoisotopic (exact) mass is 435 g/mol. The lowest BCUT2D eigenvalue weighted by atomic mass is 9.96. The van der Waals surface area contributed by atoms with Crippen LogP contribution in [0.4, 0.5) is 5.69 Å². The highest BCUT2D eigenvalue weighted by atomic mass is 16.6. The number of amides is 1. The van der Waals surface area contributed by atoms with Gasteiger partial charge in [-0.1, -0.05) is 0 Å². The number of aliphatic hydroxyl groups excluding tert-OH is 1. The van der Waals surface area contributed by atoms with Crippen LogP contribution >= 0.6 is 0 Å². The number of benzene rings is 2. The zero-order chi connectivity index (χ0) is 23.0. The molecule has 32 heavy (non-hydrogen) atoms. The second-order valence-corrected chi connectivity index (χ2v) is 7.54. The lowest BCUT2D eigenvalue weighted by Crippen LogP contribution is -2.32. The first-order valence-electron chi connectivity index (χ1n) is 9.95. The third kappa shape index (κ3) is 3.58. The fourth-order valence-corrected chi connectivity index (χ4v) is 4.10. The second kappa shape index (κ2) is 8.18. The van der Waals surface area contributed by atoms with Gasteiger partial charge in [-0.2, -0.15) is 0 Å². The van der Waals surface area contributed by atoms with Gasteiger partial charge in [-0.25, -0.2) is 0 Å². The number of rotatable bonds is 7. The first-order valence-corrected chi connectivity index (χ1v) is 9.95. The van der Waals surface area contributed by atoms with Crippen LogP contribution < -0.4 is 4.74 Å². The number of non-ortho nitro benzene ring substituents is 1. The molecule has 0 bridgehead atoms. The maximum atomic E-state index is 12.8. The van der Waals surface area contributed by atoms with E-state index in [-0.39, 0.29) is 17.8 Å². The Labute approximate surface area is 183 Å². The molecule has 1 aromatic heterocycles. The van der Waals surface area contributed by atoms with Crippen molar-refractivity contribution in [2.24, 2.45) is 0 Å². The number of fused-ring (bicyclic) bond motifs is 1. The number of ether oxygens (including phenoxy) is 1. The highest BCUT2D eigenvalue weighted by molar-refractivity contribution is 6.08. The molecule has 2 N–H and O–H groups in total. The van der Waals surface area contributed by atoms with Gasteiger partial charge in [-0.15, -0.1) is 0 Å². The largest absolute Gasteiger partial charge is 0.503 e. The third-order valence-corrected chi connectivity index (χ3v) is 5.70. The SMILES string of the molecule is COc1ccc2[nH]cc(CCN3C(=O)C(O)=C(C(C)=O)[C@@H]3c3ccc([N+](=O)[O-])cc3)c2c1. The van der Waals surface area contributed by atoms with E-state index in [1.165, 1.54) is 36.1 Å². The Bertz CT molecular complexity index is 1260. The van der Waals surface area contributed by atoms with Gasteiger partial charge in [-0.05, 0) is 54.8 Å². The number of methoxy groups -OCH3 is 1. The van der Waals surface area contributed by atoms with Crippen LogP contribution in [0.3, 0.4) is 0 Å².